The smallest absolute Gasteiger partial charge is 0.266 e. The van der Waals surface area contributed by atoms with Gasteiger partial charge in [0.1, 0.15) is 0 Å². The van der Waals surface area contributed by atoms with E-state index in [4.69, 9.17) is 14.5 Å². The van der Waals surface area contributed by atoms with Gasteiger partial charge >= 0.3 is 0 Å². The van der Waals surface area contributed by atoms with Gasteiger partial charge in [0, 0.05) is 10.9 Å². The van der Waals surface area contributed by atoms with Crippen LogP contribution in [0.4, 0.5) is 5.13 Å². The average Bonchev–Trinajstić information content (AvgIpc) is 3.41. The molecule has 8 nitrogen and oxygen atoms in total. The highest BCUT2D eigenvalue weighted by molar-refractivity contribution is 8.00. The highest BCUT2D eigenvalue weighted by atomic mass is 32.2. The van der Waals surface area contributed by atoms with Crippen molar-refractivity contribution >= 4 is 45.0 Å². The Balaban J connectivity index is 1.38. The van der Waals surface area contributed by atoms with Crippen LogP contribution in [-0.2, 0) is 4.79 Å². The first-order valence-corrected chi connectivity index (χ1v) is 13.5. The van der Waals surface area contributed by atoms with Crippen molar-refractivity contribution < 1.29 is 14.3 Å². The van der Waals surface area contributed by atoms with Gasteiger partial charge in [0.2, 0.25) is 5.91 Å². The minimum Gasteiger partial charge on any atom is -0.493 e. The average molecular weight is 545 g/mol. The Hall–Kier alpha value is -4.15. The number of methoxy groups -OCH3 is 2. The van der Waals surface area contributed by atoms with Gasteiger partial charge in [0.15, 0.2) is 21.8 Å². The summed E-state index contributed by atoms with van der Waals surface area (Å²) in [6.45, 7) is 1.78. The SMILES string of the molecule is COc1ccc(-c2csc(NC(=O)C(C)Sc3nc4ccccc4c(=O)n3-c3ccccc3)n2)cc1OC. The zero-order chi connectivity index (χ0) is 26.6. The zero-order valence-electron chi connectivity index (χ0n) is 20.9. The first kappa shape index (κ1) is 25.5. The van der Waals surface area contributed by atoms with Crippen LogP contribution in [0.25, 0.3) is 27.8 Å². The first-order chi connectivity index (χ1) is 18.5. The highest BCUT2D eigenvalue weighted by Crippen LogP contribution is 2.34. The van der Waals surface area contributed by atoms with Gasteiger partial charge in [-0.15, -0.1) is 11.3 Å². The van der Waals surface area contributed by atoms with E-state index in [-0.39, 0.29) is 11.5 Å². The Labute approximate surface area is 227 Å². The maximum Gasteiger partial charge on any atom is 0.266 e. The number of nitrogens with zero attached hydrogens (tertiary/aromatic N) is 3. The van der Waals surface area contributed by atoms with Crippen molar-refractivity contribution in [1.29, 1.82) is 0 Å². The number of hydrogen-bond donors (Lipinski definition) is 1. The van der Waals surface area contributed by atoms with Crippen molar-refractivity contribution in [3.63, 3.8) is 0 Å². The first-order valence-electron chi connectivity index (χ1n) is 11.7. The fourth-order valence-corrected chi connectivity index (χ4v) is 5.52. The number of amides is 1. The van der Waals surface area contributed by atoms with E-state index in [0.717, 1.165) is 5.56 Å². The van der Waals surface area contributed by atoms with Crippen LogP contribution in [0.2, 0.25) is 0 Å². The summed E-state index contributed by atoms with van der Waals surface area (Å²) in [6.07, 6.45) is 0. The van der Waals surface area contributed by atoms with Crippen LogP contribution in [0, 0.1) is 0 Å². The van der Waals surface area contributed by atoms with Crippen LogP contribution >= 0.6 is 23.1 Å². The summed E-state index contributed by atoms with van der Waals surface area (Å²) in [5.41, 5.74) is 2.63. The third-order valence-electron chi connectivity index (χ3n) is 5.82. The van der Waals surface area contributed by atoms with E-state index in [1.807, 2.05) is 66.0 Å². The summed E-state index contributed by atoms with van der Waals surface area (Å²) in [7, 11) is 3.16. The molecule has 0 bridgehead atoms. The lowest BCUT2D eigenvalue weighted by atomic mass is 10.1. The van der Waals surface area contributed by atoms with E-state index in [1.165, 1.54) is 23.1 Å². The van der Waals surface area contributed by atoms with Crippen molar-refractivity contribution in [2.24, 2.45) is 0 Å². The number of thiazole rings is 1. The lowest BCUT2D eigenvalue weighted by molar-refractivity contribution is -0.115. The molecule has 0 spiro atoms. The van der Waals surface area contributed by atoms with Gasteiger partial charge in [-0.2, -0.15) is 0 Å². The molecular weight excluding hydrogens is 520 g/mol. The molecular formula is C28H24N4O4S2. The molecule has 3 aromatic carbocycles. The molecule has 192 valence electrons. The Bertz CT molecular complexity index is 1670. The number of thioether (sulfide) groups is 1. The van der Waals surface area contributed by atoms with Crippen molar-refractivity contribution in [1.82, 2.24) is 14.5 Å². The van der Waals surface area contributed by atoms with Crippen LogP contribution < -0.4 is 20.3 Å². The number of carbonyl (C=O) groups is 1. The van der Waals surface area contributed by atoms with Crippen LogP contribution in [0.5, 0.6) is 11.5 Å². The van der Waals surface area contributed by atoms with E-state index in [1.54, 1.807) is 37.8 Å². The predicted octanol–water partition coefficient (Wildman–Crippen LogP) is 5.65. The molecule has 1 unspecified atom stereocenters. The second-order valence-corrected chi connectivity index (χ2v) is 10.4. The number of anilines is 1. The van der Waals surface area contributed by atoms with Crippen molar-refractivity contribution in [3.05, 3.63) is 88.5 Å². The molecule has 0 aliphatic carbocycles. The Morgan fingerprint density at radius 3 is 2.47 bits per heavy atom. The van der Waals surface area contributed by atoms with E-state index in [0.29, 0.717) is 44.1 Å². The summed E-state index contributed by atoms with van der Waals surface area (Å²) in [5.74, 6) is 0.980. The van der Waals surface area contributed by atoms with Gasteiger partial charge in [-0.25, -0.2) is 9.97 Å². The number of ether oxygens (including phenoxy) is 2. The predicted molar refractivity (Wildman–Crippen MR) is 152 cm³/mol. The normalized spacial score (nSPS) is 11.8. The molecule has 1 N–H and O–H groups in total. The number of para-hydroxylation sites is 2. The molecule has 5 rings (SSSR count). The van der Waals surface area contributed by atoms with Gasteiger partial charge in [-0.3, -0.25) is 14.2 Å². The van der Waals surface area contributed by atoms with Gasteiger partial charge in [-0.1, -0.05) is 42.1 Å². The van der Waals surface area contributed by atoms with E-state index < -0.39 is 5.25 Å². The lowest BCUT2D eigenvalue weighted by Gasteiger charge is -2.16. The quantitative estimate of drug-likeness (QED) is 0.199. The lowest BCUT2D eigenvalue weighted by Crippen LogP contribution is -2.26. The largest absolute Gasteiger partial charge is 0.493 e. The number of aromatic nitrogens is 3. The van der Waals surface area contributed by atoms with Gasteiger partial charge in [0.05, 0.1) is 41.8 Å². The third kappa shape index (κ3) is 5.13. The Kier molecular flexibility index (Phi) is 7.43. The monoisotopic (exact) mass is 544 g/mol. The van der Waals surface area contributed by atoms with Crippen molar-refractivity contribution in [2.75, 3.05) is 19.5 Å². The fourth-order valence-electron chi connectivity index (χ4n) is 3.87. The molecule has 0 saturated carbocycles. The van der Waals surface area contributed by atoms with E-state index in [2.05, 4.69) is 10.3 Å². The topological polar surface area (TPSA) is 95.3 Å². The van der Waals surface area contributed by atoms with Crippen molar-refractivity contribution in [3.8, 4) is 28.4 Å². The molecule has 0 radical (unpaired) electrons. The zero-order valence-corrected chi connectivity index (χ0v) is 22.5. The second kappa shape index (κ2) is 11.1. The van der Waals surface area contributed by atoms with Crippen LogP contribution in [-0.4, -0.2) is 39.9 Å². The molecule has 2 aromatic heterocycles. The summed E-state index contributed by atoms with van der Waals surface area (Å²) >= 11 is 2.55. The summed E-state index contributed by atoms with van der Waals surface area (Å²) < 4.78 is 12.2. The number of rotatable bonds is 8. The van der Waals surface area contributed by atoms with Crippen molar-refractivity contribution in [2.45, 2.75) is 17.3 Å². The molecule has 0 saturated heterocycles. The van der Waals surface area contributed by atoms with Gasteiger partial charge < -0.3 is 14.8 Å². The standard InChI is InChI=1S/C28H24N4O4S2/c1-17(25(33)31-27-29-22(16-37-27)18-13-14-23(35-2)24(15-18)36-3)38-28-30-21-12-8-7-11-20(21)26(34)32(28)19-9-5-4-6-10-19/h4-17H,1-3H3,(H,29,31,33). The number of fused-ring (bicyclic) bond motifs is 1. The molecule has 38 heavy (non-hydrogen) atoms. The number of benzene rings is 3. The molecule has 2 heterocycles. The number of nitrogens with one attached hydrogen (secondary N) is 1. The van der Waals surface area contributed by atoms with Crippen LogP contribution in [0.1, 0.15) is 6.92 Å². The maximum atomic E-state index is 13.4. The van der Waals surface area contributed by atoms with E-state index in [9.17, 15) is 9.59 Å². The highest BCUT2D eigenvalue weighted by Gasteiger charge is 2.21. The Morgan fingerprint density at radius 2 is 1.71 bits per heavy atom. The van der Waals surface area contributed by atoms with Gasteiger partial charge in [-0.05, 0) is 49.4 Å². The maximum absolute atomic E-state index is 13.4. The third-order valence-corrected chi connectivity index (χ3v) is 7.63. The summed E-state index contributed by atoms with van der Waals surface area (Å²) in [6, 6.07) is 22.0. The fraction of sp³-hybridized carbons (Fsp3) is 0.143. The van der Waals surface area contributed by atoms with E-state index >= 15 is 0 Å². The molecule has 1 atom stereocenters. The van der Waals surface area contributed by atoms with Gasteiger partial charge in [0.25, 0.3) is 5.56 Å². The molecule has 0 aliphatic heterocycles. The summed E-state index contributed by atoms with van der Waals surface area (Å²) in [4.78, 5) is 35.8. The van der Waals surface area contributed by atoms with Crippen LogP contribution in [0.3, 0.4) is 0 Å². The molecule has 0 aliphatic rings. The molecule has 5 aromatic rings. The Morgan fingerprint density at radius 1 is 0.974 bits per heavy atom. The van der Waals surface area contributed by atoms with Crippen LogP contribution in [0.15, 0.2) is 88.1 Å². The minimum atomic E-state index is -0.550. The molecule has 0 fully saturated rings. The summed E-state index contributed by atoms with van der Waals surface area (Å²) in [5, 5.41) is 5.63. The minimum absolute atomic E-state index is 0.184. The second-order valence-electron chi connectivity index (χ2n) is 8.24. The number of carbonyl (C=O) groups excluding carboxylic acids is 1. The molecule has 10 heteroatoms. The number of hydrogen-bond acceptors (Lipinski definition) is 8. The molecule has 1 amide bonds.